The Labute approximate surface area is 170 Å². The number of H-pyrrole nitrogens is 1. The number of ketones is 1. The number of rotatable bonds is 4. The average molecular weight is 400 g/mol. The first-order chi connectivity index (χ1) is 14.6. The van der Waals surface area contributed by atoms with Gasteiger partial charge in [-0.2, -0.15) is 0 Å². The predicted molar refractivity (Wildman–Crippen MR) is 109 cm³/mol. The van der Waals surface area contributed by atoms with Gasteiger partial charge in [0.15, 0.2) is 17.3 Å². The number of aromatic amines is 1. The van der Waals surface area contributed by atoms with Gasteiger partial charge in [-0.1, -0.05) is 24.3 Å². The van der Waals surface area contributed by atoms with Gasteiger partial charge in [-0.3, -0.25) is 4.79 Å². The van der Waals surface area contributed by atoms with E-state index < -0.39 is 5.97 Å². The van der Waals surface area contributed by atoms with Gasteiger partial charge >= 0.3 is 5.97 Å². The molecule has 1 aliphatic rings. The summed E-state index contributed by atoms with van der Waals surface area (Å²) < 4.78 is 11.0. The van der Waals surface area contributed by atoms with Crippen molar-refractivity contribution in [1.29, 1.82) is 0 Å². The van der Waals surface area contributed by atoms with Gasteiger partial charge in [0.2, 0.25) is 0 Å². The van der Waals surface area contributed by atoms with Crippen LogP contribution in [0.1, 0.15) is 26.3 Å². The lowest BCUT2D eigenvalue weighted by molar-refractivity contribution is 0.0697. The van der Waals surface area contributed by atoms with Gasteiger partial charge in [0, 0.05) is 16.7 Å². The van der Waals surface area contributed by atoms with Crippen molar-refractivity contribution in [2.75, 3.05) is 13.2 Å². The van der Waals surface area contributed by atoms with Crippen LogP contribution in [-0.2, 0) is 0 Å². The van der Waals surface area contributed by atoms with E-state index in [0.717, 1.165) is 5.56 Å². The fourth-order valence-corrected chi connectivity index (χ4v) is 3.41. The number of nitrogens with one attached hydrogen (secondary N) is 1. The molecule has 0 saturated carbocycles. The zero-order valence-electron chi connectivity index (χ0n) is 15.7. The van der Waals surface area contributed by atoms with Gasteiger partial charge in [-0.25, -0.2) is 9.78 Å². The number of carbonyl (C=O) groups excluding carboxylic acids is 1. The maximum Gasteiger partial charge on any atom is 0.335 e. The van der Waals surface area contributed by atoms with E-state index in [1.54, 1.807) is 54.6 Å². The van der Waals surface area contributed by atoms with Crippen LogP contribution in [0.3, 0.4) is 0 Å². The molecule has 3 aromatic carbocycles. The fourth-order valence-electron chi connectivity index (χ4n) is 3.41. The second-order valence-electron chi connectivity index (χ2n) is 6.89. The van der Waals surface area contributed by atoms with Gasteiger partial charge in [0.25, 0.3) is 0 Å². The molecule has 0 spiro atoms. The first kappa shape index (κ1) is 17.9. The van der Waals surface area contributed by atoms with Crippen LogP contribution in [-0.4, -0.2) is 40.0 Å². The maximum atomic E-state index is 12.8. The van der Waals surface area contributed by atoms with Crippen LogP contribution in [0.15, 0.2) is 60.7 Å². The van der Waals surface area contributed by atoms with E-state index in [1.165, 1.54) is 6.07 Å². The molecule has 2 heterocycles. The fraction of sp³-hybridized carbons (Fsp3) is 0.0870. The number of ether oxygens (including phenoxy) is 2. The van der Waals surface area contributed by atoms with E-state index >= 15 is 0 Å². The minimum absolute atomic E-state index is 0.116. The molecule has 0 atom stereocenters. The third-order valence-electron chi connectivity index (χ3n) is 4.95. The number of aromatic nitrogens is 2. The van der Waals surface area contributed by atoms with Crippen molar-refractivity contribution in [2.45, 2.75) is 0 Å². The van der Waals surface area contributed by atoms with Gasteiger partial charge in [0.1, 0.15) is 19.0 Å². The molecular formula is C23H16N2O5. The highest BCUT2D eigenvalue weighted by Gasteiger charge is 2.16. The molecule has 0 aliphatic carbocycles. The van der Waals surface area contributed by atoms with E-state index in [4.69, 9.17) is 14.6 Å². The molecule has 0 radical (unpaired) electrons. The lowest BCUT2D eigenvalue weighted by Gasteiger charge is -2.18. The molecule has 30 heavy (non-hydrogen) atoms. The summed E-state index contributed by atoms with van der Waals surface area (Å²) in [6.45, 7) is 0.964. The molecule has 7 nitrogen and oxygen atoms in total. The number of imidazole rings is 1. The molecule has 1 aliphatic heterocycles. The molecule has 1 aromatic heterocycles. The minimum atomic E-state index is -0.991. The van der Waals surface area contributed by atoms with Crippen LogP contribution in [0.5, 0.6) is 11.5 Å². The molecule has 0 unspecified atom stereocenters. The molecule has 148 valence electrons. The second kappa shape index (κ2) is 7.04. The Bertz CT molecular complexity index is 1290. The summed E-state index contributed by atoms with van der Waals surface area (Å²) in [7, 11) is 0. The third kappa shape index (κ3) is 3.16. The molecule has 0 fully saturated rings. The molecular weight excluding hydrogens is 384 g/mol. The first-order valence-corrected chi connectivity index (χ1v) is 9.36. The zero-order valence-corrected chi connectivity index (χ0v) is 15.7. The first-order valence-electron chi connectivity index (χ1n) is 9.36. The summed E-state index contributed by atoms with van der Waals surface area (Å²) in [5.41, 5.74) is 3.37. The maximum absolute atomic E-state index is 12.8. The van der Waals surface area contributed by atoms with Gasteiger partial charge in [0.05, 0.1) is 16.6 Å². The number of nitrogens with zero attached hydrogens (tertiary/aromatic N) is 1. The van der Waals surface area contributed by atoms with Crippen molar-refractivity contribution in [1.82, 2.24) is 9.97 Å². The number of carbonyl (C=O) groups is 2. The van der Waals surface area contributed by atoms with Gasteiger partial charge in [-0.05, 0) is 36.4 Å². The van der Waals surface area contributed by atoms with E-state index in [9.17, 15) is 9.59 Å². The summed E-state index contributed by atoms with van der Waals surface area (Å²) in [6.07, 6.45) is 0. The SMILES string of the molecule is O=C(O)c1ccc2nc(-c3ccc(C(=O)c4ccc5c(c4)OCCO5)cc3)[nH]c2c1. The highest BCUT2D eigenvalue weighted by atomic mass is 16.6. The van der Waals surface area contributed by atoms with Crippen molar-refractivity contribution in [3.05, 3.63) is 77.4 Å². The zero-order chi connectivity index (χ0) is 20.7. The van der Waals surface area contributed by atoms with Gasteiger partial charge < -0.3 is 19.6 Å². The molecule has 0 saturated heterocycles. The molecule has 0 amide bonds. The summed E-state index contributed by atoms with van der Waals surface area (Å²) in [5.74, 6) is 0.714. The molecule has 2 N–H and O–H groups in total. The van der Waals surface area contributed by atoms with Crippen LogP contribution in [0.2, 0.25) is 0 Å². The van der Waals surface area contributed by atoms with Crippen molar-refractivity contribution >= 4 is 22.8 Å². The Morgan fingerprint density at radius 3 is 2.30 bits per heavy atom. The Kier molecular flexibility index (Phi) is 4.21. The number of aromatic carboxylic acids is 1. The Morgan fingerprint density at radius 1 is 0.833 bits per heavy atom. The standard InChI is InChI=1S/C23H16N2O5/c26-21(15-6-8-19-20(12-15)30-10-9-29-19)13-1-3-14(4-2-13)22-24-17-7-5-16(23(27)28)11-18(17)25-22/h1-8,11-12H,9-10H2,(H,24,25)(H,27,28). The van der Waals surface area contributed by atoms with E-state index in [1.807, 2.05) is 0 Å². The van der Waals surface area contributed by atoms with Crippen LogP contribution >= 0.6 is 0 Å². The van der Waals surface area contributed by atoms with Crippen LogP contribution < -0.4 is 9.47 Å². The minimum Gasteiger partial charge on any atom is -0.486 e. The molecule has 0 bridgehead atoms. The molecule has 5 rings (SSSR count). The third-order valence-corrected chi connectivity index (χ3v) is 4.95. The largest absolute Gasteiger partial charge is 0.486 e. The lowest BCUT2D eigenvalue weighted by atomic mass is 10.0. The van der Waals surface area contributed by atoms with Crippen molar-refractivity contribution in [3.63, 3.8) is 0 Å². The number of carboxylic acids is 1. The van der Waals surface area contributed by atoms with E-state index in [0.29, 0.717) is 52.7 Å². The second-order valence-corrected chi connectivity index (χ2v) is 6.89. The summed E-state index contributed by atoms with van der Waals surface area (Å²) in [4.78, 5) is 31.6. The summed E-state index contributed by atoms with van der Waals surface area (Å²) >= 11 is 0. The lowest BCUT2D eigenvalue weighted by Crippen LogP contribution is -2.15. The van der Waals surface area contributed by atoms with Crippen LogP contribution in [0.4, 0.5) is 0 Å². The number of benzene rings is 3. The van der Waals surface area contributed by atoms with Crippen molar-refractivity contribution < 1.29 is 24.2 Å². The van der Waals surface area contributed by atoms with Crippen molar-refractivity contribution in [2.24, 2.45) is 0 Å². The van der Waals surface area contributed by atoms with Crippen molar-refractivity contribution in [3.8, 4) is 22.9 Å². The summed E-state index contributed by atoms with van der Waals surface area (Å²) in [6, 6.07) is 17.0. The Morgan fingerprint density at radius 2 is 1.53 bits per heavy atom. The number of hydrogen-bond donors (Lipinski definition) is 2. The van der Waals surface area contributed by atoms with Crippen LogP contribution in [0.25, 0.3) is 22.4 Å². The topological polar surface area (TPSA) is 102 Å². The van der Waals surface area contributed by atoms with E-state index in [2.05, 4.69) is 9.97 Å². The number of carboxylic acid groups (broad SMARTS) is 1. The predicted octanol–water partition coefficient (Wildman–Crippen LogP) is 3.93. The number of hydrogen-bond acceptors (Lipinski definition) is 5. The average Bonchev–Trinajstić information content (AvgIpc) is 3.22. The Balaban J connectivity index is 1.42. The molecule has 7 heteroatoms. The number of fused-ring (bicyclic) bond motifs is 2. The summed E-state index contributed by atoms with van der Waals surface area (Å²) in [5, 5.41) is 9.13. The molecule has 4 aromatic rings. The smallest absolute Gasteiger partial charge is 0.335 e. The van der Waals surface area contributed by atoms with Gasteiger partial charge in [-0.15, -0.1) is 0 Å². The monoisotopic (exact) mass is 400 g/mol. The Hall–Kier alpha value is -4.13. The highest BCUT2D eigenvalue weighted by molar-refractivity contribution is 6.09. The van der Waals surface area contributed by atoms with Crippen LogP contribution in [0, 0.1) is 0 Å². The highest BCUT2D eigenvalue weighted by Crippen LogP contribution is 2.31. The quantitative estimate of drug-likeness (QED) is 0.503. The van der Waals surface area contributed by atoms with E-state index in [-0.39, 0.29) is 11.3 Å². The normalized spacial score (nSPS) is 12.7.